The number of likely N-dealkylation sites (N-methyl/N-ethyl adjacent to an activating group) is 1. The molecule has 0 radical (unpaired) electrons. The van der Waals surface area contributed by atoms with Crippen LogP contribution in [0.1, 0.15) is 46.0 Å². The van der Waals surface area contributed by atoms with Gasteiger partial charge in [0.05, 0.1) is 13.2 Å². The summed E-state index contributed by atoms with van der Waals surface area (Å²) in [7, 11) is 0. The fourth-order valence-corrected chi connectivity index (χ4v) is 3.74. The van der Waals surface area contributed by atoms with Crippen LogP contribution in [-0.4, -0.2) is 61.8 Å². The lowest BCUT2D eigenvalue weighted by molar-refractivity contribution is -0.000145. The zero-order valence-electron chi connectivity index (χ0n) is 12.9. The molecule has 0 aliphatic carbocycles. The van der Waals surface area contributed by atoms with Gasteiger partial charge in [-0.2, -0.15) is 0 Å². The van der Waals surface area contributed by atoms with Gasteiger partial charge in [0.2, 0.25) is 0 Å². The van der Waals surface area contributed by atoms with Gasteiger partial charge in [-0.05, 0) is 57.8 Å². The number of nitrogens with zero attached hydrogens (tertiary/aromatic N) is 2. The Kier molecular flexibility index (Phi) is 6.62. The van der Waals surface area contributed by atoms with E-state index in [9.17, 15) is 0 Å². The summed E-state index contributed by atoms with van der Waals surface area (Å²) in [5, 5.41) is 0. The molecule has 3 nitrogen and oxygen atoms in total. The van der Waals surface area contributed by atoms with Crippen LogP contribution >= 0.6 is 0 Å². The van der Waals surface area contributed by atoms with Crippen molar-refractivity contribution in [1.82, 2.24) is 9.80 Å². The first-order valence-electron chi connectivity index (χ1n) is 8.39. The molecule has 0 amide bonds. The molecular formula is C16H32N2O. The van der Waals surface area contributed by atoms with Crippen molar-refractivity contribution in [2.24, 2.45) is 5.92 Å². The molecule has 0 bridgehead atoms. The Morgan fingerprint density at radius 3 is 2.63 bits per heavy atom. The molecule has 2 fully saturated rings. The van der Waals surface area contributed by atoms with E-state index in [-0.39, 0.29) is 0 Å². The molecule has 2 atom stereocenters. The highest BCUT2D eigenvalue weighted by Crippen LogP contribution is 2.30. The van der Waals surface area contributed by atoms with E-state index in [2.05, 4.69) is 23.6 Å². The Morgan fingerprint density at radius 1 is 1.05 bits per heavy atom. The second kappa shape index (κ2) is 8.23. The molecule has 2 rings (SSSR count). The topological polar surface area (TPSA) is 15.7 Å². The smallest absolute Gasteiger partial charge is 0.0593 e. The molecule has 2 aliphatic heterocycles. The van der Waals surface area contributed by atoms with Crippen molar-refractivity contribution >= 4 is 0 Å². The maximum atomic E-state index is 5.99. The Labute approximate surface area is 119 Å². The average molecular weight is 268 g/mol. The molecular weight excluding hydrogens is 236 g/mol. The third-order valence-electron chi connectivity index (χ3n) is 5.01. The number of rotatable bonds is 7. The van der Waals surface area contributed by atoms with Gasteiger partial charge in [0, 0.05) is 12.6 Å². The molecule has 0 aromatic carbocycles. The molecule has 0 spiro atoms. The fraction of sp³-hybridized carbons (Fsp3) is 1.00. The summed E-state index contributed by atoms with van der Waals surface area (Å²) in [5.74, 6) is 0.797. The zero-order valence-corrected chi connectivity index (χ0v) is 12.9. The predicted octanol–water partition coefficient (Wildman–Crippen LogP) is 2.61. The Hall–Kier alpha value is -0.120. The van der Waals surface area contributed by atoms with Crippen LogP contribution < -0.4 is 0 Å². The molecule has 0 N–H and O–H groups in total. The average Bonchev–Trinajstić information content (AvgIpc) is 2.47. The summed E-state index contributed by atoms with van der Waals surface area (Å²) in [6, 6.07) is 0.830. The summed E-state index contributed by atoms with van der Waals surface area (Å²) in [6.45, 7) is 12.4. The number of hydrogen-bond acceptors (Lipinski definition) is 3. The van der Waals surface area contributed by atoms with Crippen molar-refractivity contribution in [1.29, 1.82) is 0 Å². The minimum absolute atomic E-state index is 0.797. The van der Waals surface area contributed by atoms with E-state index in [1.54, 1.807) is 0 Å². The molecule has 2 saturated heterocycles. The van der Waals surface area contributed by atoms with E-state index >= 15 is 0 Å². The van der Waals surface area contributed by atoms with Crippen LogP contribution in [0.2, 0.25) is 0 Å². The SMILES string of the molecule is CCN(CC)CCOCC1CCCN2CCCCC12. The van der Waals surface area contributed by atoms with Crippen LogP contribution in [0.3, 0.4) is 0 Å². The summed E-state index contributed by atoms with van der Waals surface area (Å²) in [4.78, 5) is 5.17. The minimum atomic E-state index is 0.797. The number of piperidine rings is 2. The van der Waals surface area contributed by atoms with Gasteiger partial charge in [0.1, 0.15) is 0 Å². The second-order valence-corrected chi connectivity index (χ2v) is 6.10. The van der Waals surface area contributed by atoms with E-state index in [0.29, 0.717) is 0 Å². The van der Waals surface area contributed by atoms with Crippen molar-refractivity contribution in [2.45, 2.75) is 52.0 Å². The second-order valence-electron chi connectivity index (χ2n) is 6.10. The van der Waals surface area contributed by atoms with Crippen molar-refractivity contribution in [3.8, 4) is 0 Å². The molecule has 2 unspecified atom stereocenters. The lowest BCUT2D eigenvalue weighted by atomic mass is 9.84. The Bertz CT molecular complexity index is 241. The summed E-state index contributed by atoms with van der Waals surface area (Å²) in [5.41, 5.74) is 0. The molecule has 2 aliphatic rings. The quantitative estimate of drug-likeness (QED) is 0.660. The number of ether oxygens (including phenoxy) is 1. The van der Waals surface area contributed by atoms with E-state index in [0.717, 1.165) is 44.8 Å². The zero-order chi connectivity index (χ0) is 13.5. The van der Waals surface area contributed by atoms with E-state index in [1.807, 2.05) is 0 Å². The van der Waals surface area contributed by atoms with Crippen LogP contribution in [-0.2, 0) is 4.74 Å². The van der Waals surface area contributed by atoms with Crippen molar-refractivity contribution < 1.29 is 4.74 Å². The molecule has 0 aromatic heterocycles. The molecule has 19 heavy (non-hydrogen) atoms. The van der Waals surface area contributed by atoms with Gasteiger partial charge in [-0.3, -0.25) is 0 Å². The molecule has 112 valence electrons. The molecule has 0 saturated carbocycles. The van der Waals surface area contributed by atoms with Gasteiger partial charge in [0.15, 0.2) is 0 Å². The van der Waals surface area contributed by atoms with E-state index in [1.165, 1.54) is 45.2 Å². The normalized spacial score (nSPS) is 28.6. The number of fused-ring (bicyclic) bond motifs is 1. The lowest BCUT2D eigenvalue weighted by Crippen LogP contribution is -2.49. The molecule has 2 heterocycles. The third-order valence-corrected chi connectivity index (χ3v) is 5.01. The van der Waals surface area contributed by atoms with Crippen LogP contribution in [0.15, 0.2) is 0 Å². The third kappa shape index (κ3) is 4.44. The first kappa shape index (κ1) is 15.3. The number of hydrogen-bond donors (Lipinski definition) is 0. The van der Waals surface area contributed by atoms with E-state index < -0.39 is 0 Å². The summed E-state index contributed by atoms with van der Waals surface area (Å²) in [6.07, 6.45) is 7.00. The van der Waals surface area contributed by atoms with Crippen LogP contribution in [0.4, 0.5) is 0 Å². The summed E-state index contributed by atoms with van der Waals surface area (Å²) < 4.78 is 5.99. The summed E-state index contributed by atoms with van der Waals surface area (Å²) >= 11 is 0. The Morgan fingerprint density at radius 2 is 1.84 bits per heavy atom. The van der Waals surface area contributed by atoms with Gasteiger partial charge >= 0.3 is 0 Å². The highest BCUT2D eigenvalue weighted by Gasteiger charge is 2.32. The highest BCUT2D eigenvalue weighted by atomic mass is 16.5. The standard InChI is InChI=1S/C16H32N2O/c1-3-17(4-2)12-13-19-14-15-8-7-11-18-10-6-5-9-16(15)18/h15-16H,3-14H2,1-2H3. The monoisotopic (exact) mass is 268 g/mol. The molecule has 0 aromatic rings. The largest absolute Gasteiger partial charge is 0.380 e. The minimum Gasteiger partial charge on any atom is -0.380 e. The maximum absolute atomic E-state index is 5.99. The van der Waals surface area contributed by atoms with Gasteiger partial charge in [-0.1, -0.05) is 20.3 Å². The van der Waals surface area contributed by atoms with Gasteiger partial charge < -0.3 is 14.5 Å². The van der Waals surface area contributed by atoms with Crippen molar-refractivity contribution in [3.63, 3.8) is 0 Å². The van der Waals surface area contributed by atoms with Crippen molar-refractivity contribution in [2.75, 3.05) is 45.9 Å². The van der Waals surface area contributed by atoms with Gasteiger partial charge in [0.25, 0.3) is 0 Å². The first-order chi connectivity index (χ1) is 9.35. The predicted molar refractivity (Wildman–Crippen MR) is 80.5 cm³/mol. The Balaban J connectivity index is 1.67. The van der Waals surface area contributed by atoms with Crippen LogP contribution in [0.25, 0.3) is 0 Å². The maximum Gasteiger partial charge on any atom is 0.0593 e. The lowest BCUT2D eigenvalue weighted by Gasteiger charge is -2.44. The molecule has 3 heteroatoms. The van der Waals surface area contributed by atoms with Gasteiger partial charge in [-0.15, -0.1) is 0 Å². The van der Waals surface area contributed by atoms with Gasteiger partial charge in [-0.25, -0.2) is 0 Å². The first-order valence-corrected chi connectivity index (χ1v) is 8.39. The van der Waals surface area contributed by atoms with Crippen molar-refractivity contribution in [3.05, 3.63) is 0 Å². The highest BCUT2D eigenvalue weighted by molar-refractivity contribution is 4.86. The van der Waals surface area contributed by atoms with E-state index in [4.69, 9.17) is 4.74 Å². The van der Waals surface area contributed by atoms with Crippen LogP contribution in [0, 0.1) is 5.92 Å². The fourth-order valence-electron chi connectivity index (χ4n) is 3.74. The van der Waals surface area contributed by atoms with Crippen LogP contribution in [0.5, 0.6) is 0 Å².